The Morgan fingerprint density at radius 3 is 2.88 bits per heavy atom. The molecule has 3 fully saturated rings. The molecule has 3 atom stereocenters. The SMILES string of the molecule is CN(C)C1CN(c2nc(OCC34CCCN3CC(F)C4)nc3c2COC2(CCCc4ccc(N)c(C#N)c42)C3)C1. The Balaban J connectivity index is 1.25. The molecular formula is C30H38FN7O2. The van der Waals surface area contributed by atoms with E-state index in [0.717, 1.165) is 79.9 Å². The Kier molecular flexibility index (Phi) is 6.18. The van der Waals surface area contributed by atoms with Crippen LogP contribution in [-0.2, 0) is 29.8 Å². The highest BCUT2D eigenvalue weighted by Crippen LogP contribution is 2.48. The number of aromatic nitrogens is 2. The average molecular weight is 548 g/mol. The maximum atomic E-state index is 14.4. The predicted octanol–water partition coefficient (Wildman–Crippen LogP) is 2.94. The number of anilines is 2. The summed E-state index contributed by atoms with van der Waals surface area (Å²) in [5.41, 5.74) is 10.3. The van der Waals surface area contributed by atoms with Crippen LogP contribution in [0.25, 0.3) is 0 Å². The maximum absolute atomic E-state index is 14.4. The number of fused-ring (bicyclic) bond motifs is 4. The average Bonchev–Trinajstić information content (AvgIpc) is 3.42. The number of hydrogen-bond acceptors (Lipinski definition) is 9. The van der Waals surface area contributed by atoms with Crippen LogP contribution >= 0.6 is 0 Å². The van der Waals surface area contributed by atoms with E-state index in [0.29, 0.717) is 55.9 Å². The van der Waals surface area contributed by atoms with Gasteiger partial charge < -0.3 is 25.0 Å². The van der Waals surface area contributed by atoms with Gasteiger partial charge in [0, 0.05) is 55.3 Å². The molecule has 5 aliphatic rings. The Morgan fingerprint density at radius 2 is 2.08 bits per heavy atom. The number of aryl methyl sites for hydroxylation is 1. The molecule has 3 saturated heterocycles. The van der Waals surface area contributed by atoms with E-state index >= 15 is 0 Å². The van der Waals surface area contributed by atoms with Crippen LogP contribution in [0, 0.1) is 11.3 Å². The first-order valence-corrected chi connectivity index (χ1v) is 14.6. The molecule has 2 N–H and O–H groups in total. The Morgan fingerprint density at radius 1 is 1.23 bits per heavy atom. The third-order valence-electron chi connectivity index (χ3n) is 10.0. The van der Waals surface area contributed by atoms with Crippen molar-refractivity contribution in [2.45, 2.75) is 74.9 Å². The van der Waals surface area contributed by atoms with Crippen LogP contribution in [0.5, 0.6) is 6.01 Å². The van der Waals surface area contributed by atoms with Crippen molar-refractivity contribution in [2.24, 2.45) is 0 Å². The van der Waals surface area contributed by atoms with Gasteiger partial charge in [-0.1, -0.05) is 6.07 Å². The van der Waals surface area contributed by atoms with Crippen molar-refractivity contribution >= 4 is 11.5 Å². The van der Waals surface area contributed by atoms with Crippen molar-refractivity contribution in [3.63, 3.8) is 0 Å². The monoisotopic (exact) mass is 547 g/mol. The maximum Gasteiger partial charge on any atom is 0.318 e. The molecular weight excluding hydrogens is 509 g/mol. The molecule has 1 spiro atoms. The summed E-state index contributed by atoms with van der Waals surface area (Å²) < 4.78 is 27.5. The second-order valence-electron chi connectivity index (χ2n) is 12.6. The van der Waals surface area contributed by atoms with Gasteiger partial charge in [0.25, 0.3) is 0 Å². The molecule has 1 aromatic carbocycles. The van der Waals surface area contributed by atoms with Crippen molar-refractivity contribution in [1.82, 2.24) is 19.8 Å². The molecule has 0 saturated carbocycles. The van der Waals surface area contributed by atoms with Gasteiger partial charge in [-0.15, -0.1) is 0 Å². The van der Waals surface area contributed by atoms with E-state index in [-0.39, 0.29) is 5.54 Å². The van der Waals surface area contributed by atoms with Crippen molar-refractivity contribution in [3.05, 3.63) is 40.1 Å². The molecule has 3 unspecified atom stereocenters. The zero-order valence-corrected chi connectivity index (χ0v) is 23.5. The lowest BCUT2D eigenvalue weighted by molar-refractivity contribution is -0.0857. The highest BCUT2D eigenvalue weighted by molar-refractivity contribution is 5.63. The van der Waals surface area contributed by atoms with Crippen LogP contribution in [0.2, 0.25) is 0 Å². The second kappa shape index (κ2) is 9.54. The fourth-order valence-electron chi connectivity index (χ4n) is 7.77. The molecule has 0 amide bonds. The van der Waals surface area contributed by atoms with Crippen LogP contribution in [0.15, 0.2) is 12.1 Å². The fourth-order valence-corrected chi connectivity index (χ4v) is 7.77. The van der Waals surface area contributed by atoms with Gasteiger partial charge in [0.1, 0.15) is 30.3 Å². The van der Waals surface area contributed by atoms with Gasteiger partial charge in [0.15, 0.2) is 0 Å². The van der Waals surface area contributed by atoms with Crippen LogP contribution in [0.4, 0.5) is 15.9 Å². The third kappa shape index (κ3) is 4.05. The standard InChI is InChI=1S/C30H38FN7O2/c1-36(2)21-15-37(16-21)27-23-17-40-30(9-3-5-19-6-7-24(33)22(13-32)26(19)30)12-25(23)34-28(35-27)39-18-29-8-4-10-38(29)14-20(31)11-29/h6-7,20-21H,3-5,8-12,14-18,33H2,1-2H3. The molecule has 212 valence electrons. The Labute approximate surface area is 235 Å². The van der Waals surface area contributed by atoms with Crippen molar-refractivity contribution < 1.29 is 13.9 Å². The number of hydrogen-bond donors (Lipinski definition) is 1. The highest BCUT2D eigenvalue weighted by atomic mass is 19.1. The minimum atomic E-state index is -0.807. The minimum Gasteiger partial charge on any atom is -0.461 e. The number of nitrogens with zero attached hydrogens (tertiary/aromatic N) is 6. The second-order valence-corrected chi connectivity index (χ2v) is 12.6. The van der Waals surface area contributed by atoms with Crippen molar-refractivity contribution in [3.8, 4) is 12.1 Å². The predicted molar refractivity (Wildman–Crippen MR) is 149 cm³/mol. The number of nitriles is 1. The van der Waals surface area contributed by atoms with Gasteiger partial charge in [-0.3, -0.25) is 4.90 Å². The summed E-state index contributed by atoms with van der Waals surface area (Å²) in [6.07, 6.45) is 4.91. The van der Waals surface area contributed by atoms with Crippen LogP contribution in [0.3, 0.4) is 0 Å². The van der Waals surface area contributed by atoms with Gasteiger partial charge in [0.2, 0.25) is 0 Å². The van der Waals surface area contributed by atoms with Gasteiger partial charge in [-0.05, 0) is 64.4 Å². The number of halogens is 1. The summed E-state index contributed by atoms with van der Waals surface area (Å²) >= 11 is 0. The first-order chi connectivity index (χ1) is 19.3. The van der Waals surface area contributed by atoms with Gasteiger partial charge in [-0.25, -0.2) is 4.39 Å². The summed E-state index contributed by atoms with van der Waals surface area (Å²) in [7, 11) is 4.20. The number of likely N-dealkylation sites (N-methyl/N-ethyl adjacent to an activating group) is 1. The Bertz CT molecular complexity index is 1370. The number of benzene rings is 1. The van der Waals surface area contributed by atoms with E-state index in [1.165, 1.54) is 0 Å². The summed E-state index contributed by atoms with van der Waals surface area (Å²) in [5.74, 6) is 0.868. The number of alkyl halides is 1. The largest absolute Gasteiger partial charge is 0.461 e. The molecule has 4 aliphatic heterocycles. The van der Waals surface area contributed by atoms with E-state index in [1.807, 2.05) is 12.1 Å². The van der Waals surface area contributed by atoms with E-state index < -0.39 is 11.8 Å². The molecule has 40 heavy (non-hydrogen) atoms. The number of nitrogen functional groups attached to an aromatic ring is 1. The lowest BCUT2D eigenvalue weighted by Crippen LogP contribution is -2.58. The molecule has 5 heterocycles. The first kappa shape index (κ1) is 25.9. The minimum absolute atomic E-state index is 0.266. The van der Waals surface area contributed by atoms with Crippen LogP contribution in [0.1, 0.15) is 60.1 Å². The summed E-state index contributed by atoms with van der Waals surface area (Å²) in [6.45, 7) is 3.92. The van der Waals surface area contributed by atoms with E-state index in [4.69, 9.17) is 25.2 Å². The smallest absolute Gasteiger partial charge is 0.318 e. The number of rotatable bonds is 5. The van der Waals surface area contributed by atoms with E-state index in [1.54, 1.807) is 0 Å². The molecule has 1 aliphatic carbocycles. The van der Waals surface area contributed by atoms with E-state index in [9.17, 15) is 9.65 Å². The van der Waals surface area contributed by atoms with Gasteiger partial charge >= 0.3 is 6.01 Å². The summed E-state index contributed by atoms with van der Waals surface area (Å²) in [6, 6.07) is 7.05. The highest BCUT2D eigenvalue weighted by Gasteiger charge is 2.50. The topological polar surface area (TPSA) is 104 Å². The third-order valence-corrected chi connectivity index (χ3v) is 10.0. The number of ether oxygens (including phenoxy) is 2. The Hall–Kier alpha value is -3.00. The van der Waals surface area contributed by atoms with Crippen molar-refractivity contribution in [1.29, 1.82) is 5.26 Å². The van der Waals surface area contributed by atoms with E-state index in [2.05, 4.69) is 34.9 Å². The number of nitrogens with two attached hydrogens (primary N) is 1. The molecule has 9 nitrogen and oxygen atoms in total. The molecule has 0 bridgehead atoms. The van der Waals surface area contributed by atoms with Crippen molar-refractivity contribution in [2.75, 3.05) is 57.5 Å². The molecule has 10 heteroatoms. The molecule has 1 aromatic heterocycles. The normalized spacial score (nSPS) is 29.7. The van der Waals surface area contributed by atoms with Crippen LogP contribution < -0.4 is 15.4 Å². The zero-order chi connectivity index (χ0) is 27.6. The summed E-state index contributed by atoms with van der Waals surface area (Å²) in [4.78, 5) is 16.7. The zero-order valence-electron chi connectivity index (χ0n) is 23.5. The lowest BCUT2D eigenvalue weighted by atomic mass is 9.72. The summed E-state index contributed by atoms with van der Waals surface area (Å²) in [5, 5.41) is 10.0. The van der Waals surface area contributed by atoms with Gasteiger partial charge in [0.05, 0.1) is 23.4 Å². The lowest BCUT2D eigenvalue weighted by Gasteiger charge is -2.46. The first-order valence-electron chi connectivity index (χ1n) is 14.6. The fraction of sp³-hybridized carbons (Fsp3) is 0.633. The van der Waals surface area contributed by atoms with Crippen LogP contribution in [-0.4, -0.2) is 84.4 Å². The molecule has 2 aromatic rings. The molecule has 7 rings (SSSR count). The van der Waals surface area contributed by atoms with Gasteiger partial charge in [-0.2, -0.15) is 15.2 Å². The molecule has 0 radical (unpaired) electrons. The quantitative estimate of drug-likeness (QED) is 0.566.